The second kappa shape index (κ2) is 6.99. The van der Waals surface area contributed by atoms with Crippen LogP contribution in [-0.2, 0) is 6.54 Å². The molecular formula is C13H16F4N2S. The maximum atomic E-state index is 13.8. The van der Waals surface area contributed by atoms with Crippen molar-refractivity contribution in [3.05, 3.63) is 35.1 Å². The Morgan fingerprint density at radius 2 is 2.00 bits per heavy atom. The minimum Gasteiger partial charge on any atom is -0.389 e. The van der Waals surface area contributed by atoms with Crippen molar-refractivity contribution >= 4 is 17.2 Å². The molecule has 0 bridgehead atoms. The zero-order valence-electron chi connectivity index (χ0n) is 11.0. The van der Waals surface area contributed by atoms with E-state index in [0.717, 1.165) is 6.07 Å². The van der Waals surface area contributed by atoms with Gasteiger partial charge in [0, 0.05) is 17.7 Å². The van der Waals surface area contributed by atoms with E-state index >= 15 is 0 Å². The lowest BCUT2D eigenvalue weighted by molar-refractivity contribution is -0.147. The van der Waals surface area contributed by atoms with Crippen molar-refractivity contribution in [3.63, 3.8) is 0 Å². The molecule has 20 heavy (non-hydrogen) atoms. The molecule has 0 radical (unpaired) electrons. The minimum absolute atomic E-state index is 0.0520. The highest BCUT2D eigenvalue weighted by Gasteiger charge is 2.30. The molecule has 2 N–H and O–H groups in total. The van der Waals surface area contributed by atoms with Gasteiger partial charge in [-0.2, -0.15) is 13.2 Å². The predicted octanol–water partition coefficient (Wildman–Crippen LogP) is 3.23. The van der Waals surface area contributed by atoms with Crippen LogP contribution in [0.5, 0.6) is 0 Å². The molecule has 0 fully saturated rings. The second-order valence-electron chi connectivity index (χ2n) is 4.50. The Bertz CT molecular complexity index is 474. The standard InChI is InChI=1S/C13H16F4N2S/c1-2-5-19(8-13(15,16)17)7-10-4-3-9(12(18)20)6-11(10)14/h3-4,6H,2,5,7-8H2,1H3,(H2,18,20). The quantitative estimate of drug-likeness (QED) is 0.646. The van der Waals surface area contributed by atoms with Gasteiger partial charge in [0.15, 0.2) is 0 Å². The van der Waals surface area contributed by atoms with Gasteiger partial charge in [0.2, 0.25) is 0 Å². The lowest BCUT2D eigenvalue weighted by atomic mass is 10.1. The molecule has 0 aliphatic heterocycles. The average Bonchev–Trinajstić information content (AvgIpc) is 2.29. The molecule has 0 aliphatic rings. The van der Waals surface area contributed by atoms with Gasteiger partial charge in [-0.05, 0) is 19.0 Å². The summed E-state index contributed by atoms with van der Waals surface area (Å²) in [6.07, 6.45) is -3.74. The van der Waals surface area contributed by atoms with E-state index in [9.17, 15) is 17.6 Å². The Kier molecular flexibility index (Phi) is 5.88. The summed E-state index contributed by atoms with van der Waals surface area (Å²) in [5.41, 5.74) is 5.93. The van der Waals surface area contributed by atoms with Gasteiger partial charge in [0.25, 0.3) is 0 Å². The number of halogens is 4. The molecule has 0 amide bonds. The van der Waals surface area contributed by atoms with E-state index in [1.807, 2.05) is 0 Å². The predicted molar refractivity (Wildman–Crippen MR) is 73.9 cm³/mol. The van der Waals surface area contributed by atoms with Crippen molar-refractivity contribution in [2.75, 3.05) is 13.1 Å². The third-order valence-electron chi connectivity index (χ3n) is 2.67. The van der Waals surface area contributed by atoms with Gasteiger partial charge in [-0.25, -0.2) is 4.39 Å². The van der Waals surface area contributed by atoms with Crippen LogP contribution in [0.3, 0.4) is 0 Å². The van der Waals surface area contributed by atoms with Crippen LogP contribution >= 0.6 is 12.2 Å². The molecule has 0 saturated heterocycles. The molecule has 2 nitrogen and oxygen atoms in total. The van der Waals surface area contributed by atoms with Gasteiger partial charge < -0.3 is 5.73 Å². The summed E-state index contributed by atoms with van der Waals surface area (Å²) >= 11 is 4.72. The van der Waals surface area contributed by atoms with Gasteiger partial charge in [-0.1, -0.05) is 31.3 Å². The van der Waals surface area contributed by atoms with E-state index in [2.05, 4.69) is 0 Å². The molecule has 0 heterocycles. The summed E-state index contributed by atoms with van der Waals surface area (Å²) in [5, 5.41) is 0. The van der Waals surface area contributed by atoms with Gasteiger partial charge >= 0.3 is 6.18 Å². The van der Waals surface area contributed by atoms with E-state index in [-0.39, 0.29) is 23.6 Å². The van der Waals surface area contributed by atoms with Crippen LogP contribution in [0.15, 0.2) is 18.2 Å². The topological polar surface area (TPSA) is 29.3 Å². The third kappa shape index (κ3) is 5.42. The van der Waals surface area contributed by atoms with Crippen LogP contribution in [-0.4, -0.2) is 29.2 Å². The molecule has 1 aromatic rings. The van der Waals surface area contributed by atoms with Crippen molar-refractivity contribution in [3.8, 4) is 0 Å². The maximum Gasteiger partial charge on any atom is 0.401 e. The number of hydrogen-bond acceptors (Lipinski definition) is 2. The maximum absolute atomic E-state index is 13.8. The Hall–Kier alpha value is -1.21. The first-order chi connectivity index (χ1) is 9.23. The molecule has 0 aromatic heterocycles. The van der Waals surface area contributed by atoms with Crippen molar-refractivity contribution in [1.29, 1.82) is 0 Å². The molecule has 0 aliphatic carbocycles. The Balaban J connectivity index is 2.85. The SMILES string of the molecule is CCCN(Cc1ccc(C(N)=S)cc1F)CC(F)(F)F. The van der Waals surface area contributed by atoms with Crippen LogP contribution in [0.4, 0.5) is 17.6 Å². The summed E-state index contributed by atoms with van der Waals surface area (Å²) in [6, 6.07) is 4.08. The first kappa shape index (κ1) is 16.8. The fourth-order valence-corrected chi connectivity index (χ4v) is 1.98. The second-order valence-corrected chi connectivity index (χ2v) is 4.94. The molecule has 1 rings (SSSR count). The third-order valence-corrected chi connectivity index (χ3v) is 2.91. The van der Waals surface area contributed by atoms with Gasteiger partial charge in [-0.3, -0.25) is 4.90 Å². The van der Waals surface area contributed by atoms with Crippen LogP contribution < -0.4 is 5.73 Å². The molecule has 7 heteroatoms. The number of nitrogens with zero attached hydrogens (tertiary/aromatic N) is 1. The van der Waals surface area contributed by atoms with Crippen LogP contribution in [0.25, 0.3) is 0 Å². The molecule has 0 spiro atoms. The monoisotopic (exact) mass is 308 g/mol. The van der Waals surface area contributed by atoms with Crippen LogP contribution in [0.1, 0.15) is 24.5 Å². The summed E-state index contributed by atoms with van der Waals surface area (Å²) < 4.78 is 51.1. The fourth-order valence-electron chi connectivity index (χ4n) is 1.85. The summed E-state index contributed by atoms with van der Waals surface area (Å²) in [7, 11) is 0. The lowest BCUT2D eigenvalue weighted by Crippen LogP contribution is -2.34. The summed E-state index contributed by atoms with van der Waals surface area (Å²) in [4.78, 5) is 1.22. The first-order valence-corrected chi connectivity index (χ1v) is 6.51. The van der Waals surface area contributed by atoms with Crippen molar-refractivity contribution in [2.24, 2.45) is 5.73 Å². The number of nitrogens with two attached hydrogens (primary N) is 1. The largest absolute Gasteiger partial charge is 0.401 e. The van der Waals surface area contributed by atoms with Crippen LogP contribution in [0.2, 0.25) is 0 Å². The summed E-state index contributed by atoms with van der Waals surface area (Å²) in [6.45, 7) is 0.861. The Labute approximate surface area is 120 Å². The molecule has 0 saturated carbocycles. The van der Waals surface area contributed by atoms with Crippen molar-refractivity contribution in [1.82, 2.24) is 4.90 Å². The fraction of sp³-hybridized carbons (Fsp3) is 0.462. The molecule has 1 aromatic carbocycles. The van der Waals surface area contributed by atoms with Gasteiger partial charge in [0.1, 0.15) is 10.8 Å². The normalized spacial score (nSPS) is 11.9. The Morgan fingerprint density at radius 1 is 1.35 bits per heavy atom. The molecule has 0 unspecified atom stereocenters. The summed E-state index contributed by atoms with van der Waals surface area (Å²) in [5.74, 6) is -0.599. The highest BCUT2D eigenvalue weighted by molar-refractivity contribution is 7.80. The number of thiocarbonyl (C=S) groups is 1. The van der Waals surface area contributed by atoms with Crippen LogP contribution in [0, 0.1) is 5.82 Å². The van der Waals surface area contributed by atoms with E-state index in [4.69, 9.17) is 18.0 Å². The zero-order valence-corrected chi connectivity index (χ0v) is 11.8. The lowest BCUT2D eigenvalue weighted by Gasteiger charge is -2.23. The van der Waals surface area contributed by atoms with Gasteiger partial charge in [0.05, 0.1) is 6.54 Å². The van der Waals surface area contributed by atoms with Gasteiger partial charge in [-0.15, -0.1) is 0 Å². The average molecular weight is 308 g/mol. The molecule has 112 valence electrons. The van der Waals surface area contributed by atoms with E-state index in [0.29, 0.717) is 12.0 Å². The smallest absolute Gasteiger partial charge is 0.389 e. The van der Waals surface area contributed by atoms with E-state index < -0.39 is 18.5 Å². The van der Waals surface area contributed by atoms with Crippen molar-refractivity contribution < 1.29 is 17.6 Å². The highest BCUT2D eigenvalue weighted by atomic mass is 32.1. The van der Waals surface area contributed by atoms with E-state index in [1.165, 1.54) is 17.0 Å². The number of alkyl halides is 3. The number of benzene rings is 1. The number of hydrogen-bond donors (Lipinski definition) is 1. The van der Waals surface area contributed by atoms with E-state index in [1.54, 1.807) is 6.92 Å². The first-order valence-electron chi connectivity index (χ1n) is 6.10. The molecular weight excluding hydrogens is 292 g/mol. The zero-order chi connectivity index (χ0) is 15.3. The highest BCUT2D eigenvalue weighted by Crippen LogP contribution is 2.20. The van der Waals surface area contributed by atoms with Crippen molar-refractivity contribution in [2.45, 2.75) is 26.1 Å². The number of rotatable bonds is 6. The molecule has 0 atom stereocenters. The Morgan fingerprint density at radius 3 is 2.45 bits per heavy atom. The minimum atomic E-state index is -4.30.